The zero-order valence-electron chi connectivity index (χ0n) is 26.7. The van der Waals surface area contributed by atoms with Gasteiger partial charge < -0.3 is 28.6 Å². The van der Waals surface area contributed by atoms with Crippen LogP contribution in [0, 0.1) is 12.3 Å². The molecule has 0 N–H and O–H groups in total. The third kappa shape index (κ3) is 7.19. The Balaban J connectivity index is 0.921. The topological polar surface area (TPSA) is 91.8 Å². The highest BCUT2D eigenvalue weighted by atomic mass is 35.5. The number of aromatic nitrogens is 5. The lowest BCUT2D eigenvalue weighted by atomic mass is 10.1. The molecule has 11 nitrogen and oxygen atoms in total. The number of piperazine rings is 1. The number of aryl methyl sites for hydroxylation is 1. The van der Waals surface area contributed by atoms with Crippen LogP contribution in [0.2, 0.25) is 10.0 Å². The van der Waals surface area contributed by atoms with Crippen LogP contribution in [0.3, 0.4) is 0 Å². The summed E-state index contributed by atoms with van der Waals surface area (Å²) in [6, 6.07) is 21.5. The van der Waals surface area contributed by atoms with Crippen LogP contribution in [0.1, 0.15) is 12.0 Å². The molecule has 7 rings (SSSR count). The molecule has 4 heterocycles. The first-order valence-corrected chi connectivity index (χ1v) is 16.8. The number of halogens is 2. The smallest absolute Gasteiger partial charge is 0.350 e. The van der Waals surface area contributed by atoms with Gasteiger partial charge in [-0.15, -0.1) is 12.3 Å². The van der Waals surface area contributed by atoms with E-state index in [0.29, 0.717) is 48.3 Å². The van der Waals surface area contributed by atoms with Gasteiger partial charge in [0.1, 0.15) is 24.8 Å². The van der Waals surface area contributed by atoms with Gasteiger partial charge in [0.15, 0.2) is 0 Å². The van der Waals surface area contributed by atoms with Crippen LogP contribution in [-0.4, -0.2) is 69.4 Å². The highest BCUT2D eigenvalue weighted by Crippen LogP contribution is 2.40. The molecule has 2 saturated heterocycles. The molecule has 0 bridgehead atoms. The number of terminal acetylenes is 1. The zero-order valence-corrected chi connectivity index (χ0v) is 28.2. The summed E-state index contributed by atoms with van der Waals surface area (Å²) in [6.45, 7) is 4.94. The van der Waals surface area contributed by atoms with Gasteiger partial charge in [-0.05, 0) is 60.7 Å². The van der Waals surface area contributed by atoms with Crippen LogP contribution in [-0.2, 0) is 28.4 Å². The third-order valence-electron chi connectivity index (χ3n) is 8.76. The monoisotopic (exact) mass is 699 g/mol. The van der Waals surface area contributed by atoms with E-state index in [1.807, 2.05) is 53.2 Å². The molecule has 13 heteroatoms. The summed E-state index contributed by atoms with van der Waals surface area (Å²) in [5.74, 6) is 2.19. The van der Waals surface area contributed by atoms with E-state index in [1.165, 1.54) is 15.6 Å². The Kier molecular flexibility index (Phi) is 9.64. The number of nitrogens with zero attached hydrogens (tertiary/aromatic N) is 7. The van der Waals surface area contributed by atoms with Gasteiger partial charge in [-0.1, -0.05) is 29.3 Å². The second-order valence-electron chi connectivity index (χ2n) is 11.9. The molecule has 0 radical (unpaired) electrons. The van der Waals surface area contributed by atoms with Crippen molar-refractivity contribution >= 4 is 34.6 Å². The summed E-state index contributed by atoms with van der Waals surface area (Å²) in [6.07, 6.45) is 12.3. The molecule has 2 atom stereocenters. The van der Waals surface area contributed by atoms with E-state index in [2.05, 4.69) is 37.9 Å². The Morgan fingerprint density at radius 2 is 1.63 bits per heavy atom. The lowest BCUT2D eigenvalue weighted by Gasteiger charge is -2.37. The molecule has 0 spiro atoms. The van der Waals surface area contributed by atoms with E-state index in [1.54, 1.807) is 24.7 Å². The summed E-state index contributed by atoms with van der Waals surface area (Å²) in [5.41, 5.74) is 3.53. The van der Waals surface area contributed by atoms with Gasteiger partial charge in [0, 0.05) is 67.0 Å². The Labute approximate surface area is 294 Å². The number of ether oxygens (including phenoxy) is 3. The van der Waals surface area contributed by atoms with Gasteiger partial charge in [-0.3, -0.25) is 0 Å². The third-order valence-corrected chi connectivity index (χ3v) is 9.31. The lowest BCUT2D eigenvalue weighted by Crippen LogP contribution is -2.46. The van der Waals surface area contributed by atoms with E-state index in [0.717, 1.165) is 49.0 Å². The number of hydrogen-bond donors (Lipinski definition) is 0. The summed E-state index contributed by atoms with van der Waals surface area (Å²) in [7, 11) is 0. The quantitative estimate of drug-likeness (QED) is 0.173. The first kappa shape index (κ1) is 32.8. The van der Waals surface area contributed by atoms with E-state index in [9.17, 15) is 4.79 Å². The molecule has 0 unspecified atom stereocenters. The Hall–Kier alpha value is -4.73. The molecule has 2 aliphatic heterocycles. The molecule has 49 heavy (non-hydrogen) atoms. The Bertz CT molecular complexity index is 1960. The van der Waals surface area contributed by atoms with E-state index >= 15 is 0 Å². The summed E-state index contributed by atoms with van der Waals surface area (Å²) < 4.78 is 23.8. The van der Waals surface area contributed by atoms with E-state index < -0.39 is 5.79 Å². The van der Waals surface area contributed by atoms with Crippen molar-refractivity contribution in [2.75, 3.05) is 49.2 Å². The van der Waals surface area contributed by atoms with Gasteiger partial charge in [0.05, 0.1) is 36.7 Å². The largest absolute Gasteiger partial charge is 0.491 e. The van der Waals surface area contributed by atoms with Crippen LogP contribution in [0.25, 0.3) is 5.69 Å². The molecule has 252 valence electrons. The van der Waals surface area contributed by atoms with Crippen LogP contribution in [0.4, 0.5) is 11.4 Å². The molecular weight excluding hydrogens is 665 g/mol. The van der Waals surface area contributed by atoms with Crippen LogP contribution in [0.15, 0.2) is 96.6 Å². The van der Waals surface area contributed by atoms with Crippen molar-refractivity contribution in [2.24, 2.45) is 0 Å². The molecule has 2 aromatic heterocycles. The minimum atomic E-state index is -1.10. The van der Waals surface area contributed by atoms with Crippen molar-refractivity contribution in [3.8, 4) is 23.8 Å². The maximum absolute atomic E-state index is 12.6. The summed E-state index contributed by atoms with van der Waals surface area (Å²) >= 11 is 12.8. The number of hydrogen-bond acceptors (Lipinski definition) is 8. The van der Waals surface area contributed by atoms with E-state index in [4.69, 9.17) is 43.8 Å². The maximum atomic E-state index is 12.6. The first-order valence-electron chi connectivity index (χ1n) is 16.0. The SMILES string of the molecule is C#CCCn1ncn(-c2ccc(N3CCN(c4ccc(OC[C@@H]5CO[C@@](Cn6ccnc6)(c6ccc(Cl)cc6Cl)O5)cc4)CC3)cc2)c1=O. The number of anilines is 2. The Morgan fingerprint density at radius 1 is 0.939 bits per heavy atom. The summed E-state index contributed by atoms with van der Waals surface area (Å²) in [4.78, 5) is 21.5. The van der Waals surface area contributed by atoms with Gasteiger partial charge >= 0.3 is 5.69 Å². The van der Waals surface area contributed by atoms with Crippen LogP contribution >= 0.6 is 23.2 Å². The van der Waals surface area contributed by atoms with Crippen molar-refractivity contribution in [3.05, 3.63) is 118 Å². The van der Waals surface area contributed by atoms with Crippen molar-refractivity contribution in [1.82, 2.24) is 23.9 Å². The fraction of sp³-hybridized carbons (Fsp3) is 0.306. The zero-order chi connectivity index (χ0) is 33.8. The maximum Gasteiger partial charge on any atom is 0.350 e. The second kappa shape index (κ2) is 14.4. The fourth-order valence-corrected chi connectivity index (χ4v) is 6.76. The average molecular weight is 701 g/mol. The molecule has 5 aromatic rings. The van der Waals surface area contributed by atoms with E-state index in [-0.39, 0.29) is 11.8 Å². The highest BCUT2D eigenvalue weighted by Gasteiger charge is 2.45. The van der Waals surface area contributed by atoms with Crippen molar-refractivity contribution in [3.63, 3.8) is 0 Å². The molecule has 2 fully saturated rings. The highest BCUT2D eigenvalue weighted by molar-refractivity contribution is 6.35. The molecular formula is C36H35Cl2N7O4. The number of rotatable bonds is 11. The molecule has 2 aliphatic rings. The van der Waals surface area contributed by atoms with Crippen molar-refractivity contribution in [1.29, 1.82) is 0 Å². The van der Waals surface area contributed by atoms with Crippen molar-refractivity contribution in [2.45, 2.75) is 31.4 Å². The normalized spacial score (nSPS) is 19.2. The predicted octanol–water partition coefficient (Wildman–Crippen LogP) is 5.23. The van der Waals surface area contributed by atoms with Gasteiger partial charge in [-0.25, -0.2) is 19.0 Å². The molecule has 0 amide bonds. The van der Waals surface area contributed by atoms with Gasteiger partial charge in [-0.2, -0.15) is 5.10 Å². The Morgan fingerprint density at radius 3 is 2.29 bits per heavy atom. The minimum Gasteiger partial charge on any atom is -0.491 e. The second-order valence-corrected chi connectivity index (χ2v) is 12.8. The van der Waals surface area contributed by atoms with Gasteiger partial charge in [0.2, 0.25) is 5.79 Å². The standard InChI is InChI=1S/C36H35Cl2N7O4/c1-2-3-15-45-35(46)44(26-40-45)30-7-5-28(6-8-30)42-17-19-43(20-18-42)29-9-11-31(12-10-29)47-22-32-23-48-36(49-32,24-41-16-14-39-25-41)33-13-4-27(37)21-34(33)38/h1,4-14,16,21,25-26,32H,3,15,17-20,22-24H2/t32-,36-/m1/s1. The molecule has 0 aliphatic carbocycles. The fourth-order valence-electron chi connectivity index (χ4n) is 6.20. The predicted molar refractivity (Wildman–Crippen MR) is 189 cm³/mol. The number of imidazole rings is 1. The first-order chi connectivity index (χ1) is 23.9. The lowest BCUT2D eigenvalue weighted by molar-refractivity contribution is -0.189. The van der Waals surface area contributed by atoms with Crippen LogP contribution in [0.5, 0.6) is 5.75 Å². The minimum absolute atomic E-state index is 0.197. The number of benzene rings is 3. The van der Waals surface area contributed by atoms with Crippen LogP contribution < -0.4 is 20.2 Å². The van der Waals surface area contributed by atoms with Gasteiger partial charge in [0.25, 0.3) is 0 Å². The summed E-state index contributed by atoms with van der Waals surface area (Å²) in [5, 5.41) is 5.18. The van der Waals surface area contributed by atoms with Crippen molar-refractivity contribution < 1.29 is 14.2 Å². The molecule has 0 saturated carbocycles. The molecule has 3 aromatic carbocycles. The average Bonchev–Trinajstić information content (AvgIpc) is 3.88.